The Morgan fingerprint density at radius 2 is 1.89 bits per heavy atom. The molecule has 27 heavy (non-hydrogen) atoms. The van der Waals surface area contributed by atoms with E-state index in [1.54, 1.807) is 25.1 Å². The molecule has 0 saturated carbocycles. The van der Waals surface area contributed by atoms with Gasteiger partial charge in [0, 0.05) is 18.7 Å². The smallest absolute Gasteiger partial charge is 0.279 e. The number of sulfonamides is 1. The van der Waals surface area contributed by atoms with Gasteiger partial charge in [0.25, 0.3) is 15.1 Å². The van der Waals surface area contributed by atoms with Crippen LogP contribution in [0.3, 0.4) is 0 Å². The lowest BCUT2D eigenvalue weighted by atomic mass is 10.0. The van der Waals surface area contributed by atoms with Gasteiger partial charge in [-0.3, -0.25) is 0 Å². The standard InChI is InChI=1S/C17H15N5O4S/c1-10-3-5-12(6-4-10)15-20-14(7-18)17(25-15)27(23,24)22-8-13(9-22)16-19-11(2)21-26-16/h3-6,13H,8-9H2,1-2H3. The predicted octanol–water partition coefficient (Wildman–Crippen LogP) is 2.00. The van der Waals surface area contributed by atoms with Gasteiger partial charge >= 0.3 is 0 Å². The SMILES string of the molecule is Cc1ccc(-c2nc(C#N)c(S(=O)(=O)N3CC(c4nc(C)no4)C3)o2)cc1. The minimum Gasteiger partial charge on any atom is -0.422 e. The average molecular weight is 385 g/mol. The van der Waals surface area contributed by atoms with Gasteiger partial charge in [-0.1, -0.05) is 22.9 Å². The number of hydrogen-bond donors (Lipinski definition) is 0. The quantitative estimate of drug-likeness (QED) is 0.667. The van der Waals surface area contributed by atoms with E-state index in [0.717, 1.165) is 5.56 Å². The van der Waals surface area contributed by atoms with Gasteiger partial charge in [-0.05, 0) is 26.0 Å². The minimum atomic E-state index is -3.98. The zero-order valence-electron chi connectivity index (χ0n) is 14.6. The van der Waals surface area contributed by atoms with Crippen molar-refractivity contribution in [2.45, 2.75) is 24.9 Å². The zero-order valence-corrected chi connectivity index (χ0v) is 15.4. The lowest BCUT2D eigenvalue weighted by molar-refractivity contribution is 0.213. The first-order chi connectivity index (χ1) is 12.9. The summed E-state index contributed by atoms with van der Waals surface area (Å²) in [4.78, 5) is 8.16. The Kier molecular flexibility index (Phi) is 4.05. The lowest BCUT2D eigenvalue weighted by Gasteiger charge is -2.34. The summed E-state index contributed by atoms with van der Waals surface area (Å²) in [5.41, 5.74) is 1.38. The van der Waals surface area contributed by atoms with Crippen molar-refractivity contribution < 1.29 is 17.4 Å². The highest BCUT2D eigenvalue weighted by Gasteiger charge is 2.43. The number of rotatable bonds is 4. The normalized spacial score (nSPS) is 15.4. The molecule has 2 aromatic heterocycles. The Morgan fingerprint density at radius 1 is 1.19 bits per heavy atom. The van der Waals surface area contributed by atoms with Gasteiger partial charge in [-0.2, -0.15) is 19.5 Å². The first-order valence-corrected chi connectivity index (χ1v) is 9.61. The molecule has 3 heterocycles. The zero-order chi connectivity index (χ0) is 19.2. The van der Waals surface area contributed by atoms with Crippen LogP contribution in [-0.2, 0) is 10.0 Å². The van der Waals surface area contributed by atoms with Crippen molar-refractivity contribution in [2.24, 2.45) is 0 Å². The third-order valence-corrected chi connectivity index (χ3v) is 6.04. The van der Waals surface area contributed by atoms with Gasteiger partial charge in [0.15, 0.2) is 11.5 Å². The fourth-order valence-corrected chi connectivity index (χ4v) is 4.26. The number of hydrogen-bond acceptors (Lipinski definition) is 8. The lowest BCUT2D eigenvalue weighted by Crippen LogP contribution is -2.48. The van der Waals surface area contributed by atoms with Crippen molar-refractivity contribution in [2.75, 3.05) is 13.1 Å². The van der Waals surface area contributed by atoms with Gasteiger partial charge < -0.3 is 8.94 Å². The molecule has 0 radical (unpaired) electrons. The van der Waals surface area contributed by atoms with Crippen molar-refractivity contribution in [3.05, 3.63) is 47.2 Å². The number of oxazole rings is 1. The van der Waals surface area contributed by atoms with Crippen molar-refractivity contribution >= 4 is 10.0 Å². The molecule has 0 unspecified atom stereocenters. The first kappa shape index (κ1) is 17.4. The number of aromatic nitrogens is 3. The van der Waals surface area contributed by atoms with E-state index in [-0.39, 0.29) is 30.6 Å². The highest BCUT2D eigenvalue weighted by atomic mass is 32.2. The van der Waals surface area contributed by atoms with Crippen LogP contribution in [0, 0.1) is 25.2 Å². The van der Waals surface area contributed by atoms with Crippen LogP contribution in [0.4, 0.5) is 0 Å². The highest BCUT2D eigenvalue weighted by molar-refractivity contribution is 7.89. The number of aryl methyl sites for hydroxylation is 2. The molecule has 0 amide bonds. The molecule has 0 N–H and O–H groups in total. The van der Waals surface area contributed by atoms with E-state index in [4.69, 9.17) is 8.94 Å². The second-order valence-corrected chi connectivity index (χ2v) is 8.17. The molecule has 138 valence electrons. The van der Waals surface area contributed by atoms with Crippen LogP contribution in [0.25, 0.3) is 11.5 Å². The summed E-state index contributed by atoms with van der Waals surface area (Å²) in [6.45, 7) is 3.98. The van der Waals surface area contributed by atoms with Crippen LogP contribution in [0.5, 0.6) is 0 Å². The monoisotopic (exact) mass is 385 g/mol. The van der Waals surface area contributed by atoms with Crippen LogP contribution in [0.1, 0.15) is 28.9 Å². The third kappa shape index (κ3) is 3.01. The molecule has 4 rings (SSSR count). The molecular formula is C17H15N5O4S. The molecule has 1 fully saturated rings. The molecule has 0 aliphatic carbocycles. The van der Waals surface area contributed by atoms with Gasteiger partial charge in [0.1, 0.15) is 6.07 Å². The number of nitrogens with zero attached hydrogens (tertiary/aromatic N) is 5. The van der Waals surface area contributed by atoms with Gasteiger partial charge in [-0.25, -0.2) is 8.42 Å². The van der Waals surface area contributed by atoms with E-state index >= 15 is 0 Å². The van der Waals surface area contributed by atoms with Crippen LogP contribution in [0.15, 0.2) is 38.3 Å². The maximum absolute atomic E-state index is 12.8. The molecule has 9 nitrogen and oxygen atoms in total. The van der Waals surface area contributed by atoms with E-state index in [1.165, 1.54) is 4.31 Å². The fourth-order valence-electron chi connectivity index (χ4n) is 2.76. The molecular weight excluding hydrogens is 370 g/mol. The Morgan fingerprint density at radius 3 is 2.48 bits per heavy atom. The topological polar surface area (TPSA) is 126 Å². The van der Waals surface area contributed by atoms with E-state index < -0.39 is 15.1 Å². The van der Waals surface area contributed by atoms with Crippen LogP contribution < -0.4 is 0 Å². The average Bonchev–Trinajstić information content (AvgIpc) is 3.21. The van der Waals surface area contributed by atoms with Crippen molar-refractivity contribution in [3.63, 3.8) is 0 Å². The summed E-state index contributed by atoms with van der Waals surface area (Å²) in [5.74, 6) is 0.814. The molecule has 1 aliphatic heterocycles. The molecule has 3 aromatic rings. The van der Waals surface area contributed by atoms with Crippen LogP contribution in [0.2, 0.25) is 0 Å². The van der Waals surface area contributed by atoms with Crippen LogP contribution >= 0.6 is 0 Å². The summed E-state index contributed by atoms with van der Waals surface area (Å²) in [5, 5.41) is 12.6. The van der Waals surface area contributed by atoms with E-state index in [9.17, 15) is 13.7 Å². The van der Waals surface area contributed by atoms with Gasteiger partial charge in [0.05, 0.1) is 5.92 Å². The van der Waals surface area contributed by atoms with E-state index in [1.807, 2.05) is 19.1 Å². The maximum atomic E-state index is 12.8. The predicted molar refractivity (Wildman–Crippen MR) is 91.9 cm³/mol. The third-order valence-electron chi connectivity index (χ3n) is 4.32. The molecule has 1 saturated heterocycles. The molecule has 1 aromatic carbocycles. The largest absolute Gasteiger partial charge is 0.422 e. The summed E-state index contributed by atoms with van der Waals surface area (Å²) in [7, 11) is -3.98. The summed E-state index contributed by atoms with van der Waals surface area (Å²) >= 11 is 0. The Labute approximate surface area is 155 Å². The van der Waals surface area contributed by atoms with E-state index in [0.29, 0.717) is 17.3 Å². The van der Waals surface area contributed by atoms with E-state index in [2.05, 4.69) is 15.1 Å². The Hall–Kier alpha value is -3.03. The van der Waals surface area contributed by atoms with Gasteiger partial charge in [-0.15, -0.1) is 0 Å². The first-order valence-electron chi connectivity index (χ1n) is 8.17. The van der Waals surface area contributed by atoms with Crippen LogP contribution in [-0.4, -0.2) is 40.9 Å². The molecule has 0 bridgehead atoms. The second-order valence-electron chi connectivity index (χ2n) is 6.33. The molecule has 0 atom stereocenters. The summed E-state index contributed by atoms with van der Waals surface area (Å²) < 4.78 is 37.5. The molecule has 1 aliphatic rings. The summed E-state index contributed by atoms with van der Waals surface area (Å²) in [6, 6.07) is 9.03. The maximum Gasteiger partial charge on any atom is 0.279 e. The molecule has 0 spiro atoms. The molecule has 10 heteroatoms. The Bertz CT molecular complexity index is 1130. The summed E-state index contributed by atoms with van der Waals surface area (Å²) in [6.07, 6.45) is 0. The Balaban J connectivity index is 1.61. The second kappa shape index (κ2) is 6.29. The minimum absolute atomic E-state index is 0.0923. The van der Waals surface area contributed by atoms with Gasteiger partial charge in [0.2, 0.25) is 11.8 Å². The highest BCUT2D eigenvalue weighted by Crippen LogP contribution is 2.34. The number of nitriles is 1. The van der Waals surface area contributed by atoms with Crippen molar-refractivity contribution in [1.29, 1.82) is 5.26 Å². The fraction of sp³-hybridized carbons (Fsp3) is 0.294. The van der Waals surface area contributed by atoms with Crippen molar-refractivity contribution in [3.8, 4) is 17.5 Å². The number of benzene rings is 1. The van der Waals surface area contributed by atoms with Crippen molar-refractivity contribution in [1.82, 2.24) is 19.4 Å².